The predicted molar refractivity (Wildman–Crippen MR) is 85.2 cm³/mol. The highest BCUT2D eigenvalue weighted by molar-refractivity contribution is 5.74. The summed E-state index contributed by atoms with van der Waals surface area (Å²) in [7, 11) is 0. The molecule has 2 amide bonds. The van der Waals surface area contributed by atoms with Crippen molar-refractivity contribution >= 4 is 6.03 Å². The summed E-state index contributed by atoms with van der Waals surface area (Å²) in [4.78, 5) is 16.4. The van der Waals surface area contributed by atoms with Gasteiger partial charge in [0.15, 0.2) is 5.82 Å². The van der Waals surface area contributed by atoms with Crippen molar-refractivity contribution in [2.45, 2.75) is 64.5 Å². The lowest BCUT2D eigenvalue weighted by atomic mass is 9.89. The third kappa shape index (κ3) is 4.12. The summed E-state index contributed by atoms with van der Waals surface area (Å²) in [5, 5.41) is 13.4. The number of hydrogen-bond donors (Lipinski definition) is 2. The molecule has 1 aliphatic carbocycles. The Labute approximate surface area is 140 Å². The molecule has 0 aliphatic heterocycles. The summed E-state index contributed by atoms with van der Waals surface area (Å²) in [5.41, 5.74) is 0.674. The zero-order valence-corrected chi connectivity index (χ0v) is 14.0. The second-order valence-corrected chi connectivity index (χ2v) is 6.30. The van der Waals surface area contributed by atoms with Crippen molar-refractivity contribution in [3.63, 3.8) is 0 Å². The van der Waals surface area contributed by atoms with E-state index >= 15 is 0 Å². The number of nitrogens with zero attached hydrogens (tertiary/aromatic N) is 3. The Morgan fingerprint density at radius 2 is 2.08 bits per heavy atom. The smallest absolute Gasteiger partial charge is 0.315 e. The molecule has 2 N–H and O–H groups in total. The van der Waals surface area contributed by atoms with Crippen LogP contribution >= 0.6 is 0 Å². The van der Waals surface area contributed by atoms with Gasteiger partial charge in [-0.2, -0.15) is 4.98 Å². The largest absolute Gasteiger partial charge is 0.361 e. The summed E-state index contributed by atoms with van der Waals surface area (Å²) in [6, 6.07) is 1.10. The van der Waals surface area contributed by atoms with Crippen molar-refractivity contribution in [3.8, 4) is 0 Å². The standard InChI is InChI=1S/C16H23N5O3/c1-10-8-13(20-23-10)9-17-16(22)18-11(2)15-19-14(21-24-15)12-6-4-3-5-7-12/h8,11-12H,3-7,9H2,1-2H3,(H2,17,18,22). The SMILES string of the molecule is Cc1cc(CNC(=O)NC(C)c2nc(C3CCCCC3)no2)no1. The molecule has 0 saturated heterocycles. The van der Waals surface area contributed by atoms with Crippen LogP contribution in [0.5, 0.6) is 0 Å². The van der Waals surface area contributed by atoms with Crippen molar-refractivity contribution in [1.82, 2.24) is 25.9 Å². The molecule has 130 valence electrons. The first-order chi connectivity index (χ1) is 11.6. The van der Waals surface area contributed by atoms with Crippen LogP contribution in [0.4, 0.5) is 4.79 Å². The van der Waals surface area contributed by atoms with E-state index in [1.54, 1.807) is 13.0 Å². The fourth-order valence-electron chi connectivity index (χ4n) is 2.93. The van der Waals surface area contributed by atoms with E-state index in [9.17, 15) is 4.79 Å². The van der Waals surface area contributed by atoms with Crippen LogP contribution in [-0.2, 0) is 6.54 Å². The molecule has 24 heavy (non-hydrogen) atoms. The van der Waals surface area contributed by atoms with Gasteiger partial charge < -0.3 is 19.7 Å². The van der Waals surface area contributed by atoms with Crippen molar-refractivity contribution in [3.05, 3.63) is 29.2 Å². The van der Waals surface area contributed by atoms with Crippen LogP contribution in [-0.4, -0.2) is 21.3 Å². The van der Waals surface area contributed by atoms with Gasteiger partial charge in [0.1, 0.15) is 17.5 Å². The maximum absolute atomic E-state index is 11.9. The number of urea groups is 1. The highest BCUT2D eigenvalue weighted by Crippen LogP contribution is 2.31. The molecule has 1 aliphatic rings. The van der Waals surface area contributed by atoms with Gasteiger partial charge in [-0.25, -0.2) is 4.79 Å². The average Bonchev–Trinajstić information content (AvgIpc) is 3.23. The molecule has 0 radical (unpaired) electrons. The number of amides is 2. The van der Waals surface area contributed by atoms with E-state index in [0.717, 1.165) is 18.7 Å². The van der Waals surface area contributed by atoms with Crippen LogP contribution in [0.3, 0.4) is 0 Å². The Kier molecular flexibility index (Phi) is 5.12. The Balaban J connectivity index is 1.49. The number of nitrogens with one attached hydrogen (secondary N) is 2. The molecule has 8 nitrogen and oxygen atoms in total. The summed E-state index contributed by atoms with van der Waals surface area (Å²) in [6.45, 7) is 3.92. The molecule has 0 spiro atoms. The molecular formula is C16H23N5O3. The monoisotopic (exact) mass is 333 g/mol. The maximum Gasteiger partial charge on any atom is 0.315 e. The van der Waals surface area contributed by atoms with Crippen LogP contribution < -0.4 is 10.6 Å². The lowest BCUT2D eigenvalue weighted by molar-refractivity contribution is 0.233. The van der Waals surface area contributed by atoms with Gasteiger partial charge in [0, 0.05) is 12.0 Å². The van der Waals surface area contributed by atoms with E-state index in [-0.39, 0.29) is 12.1 Å². The summed E-state index contributed by atoms with van der Waals surface area (Å²) < 4.78 is 10.3. The molecular weight excluding hydrogens is 310 g/mol. The van der Waals surface area contributed by atoms with Crippen molar-refractivity contribution in [1.29, 1.82) is 0 Å². The van der Waals surface area contributed by atoms with Crippen molar-refractivity contribution in [2.75, 3.05) is 0 Å². The number of hydrogen-bond acceptors (Lipinski definition) is 6. The number of aryl methyl sites for hydroxylation is 1. The van der Waals surface area contributed by atoms with Gasteiger partial charge in [0.05, 0.1) is 6.54 Å². The number of rotatable bonds is 5. The van der Waals surface area contributed by atoms with Crippen molar-refractivity contribution < 1.29 is 13.8 Å². The molecule has 2 aromatic rings. The molecule has 0 aromatic carbocycles. The molecule has 2 heterocycles. The third-order valence-electron chi connectivity index (χ3n) is 4.25. The minimum atomic E-state index is -0.353. The minimum Gasteiger partial charge on any atom is -0.361 e. The van der Waals surface area contributed by atoms with Crippen LogP contribution in [0.25, 0.3) is 0 Å². The molecule has 1 atom stereocenters. The van der Waals surface area contributed by atoms with Gasteiger partial charge in [-0.05, 0) is 26.7 Å². The third-order valence-corrected chi connectivity index (χ3v) is 4.25. The average molecular weight is 333 g/mol. The molecule has 1 unspecified atom stereocenters. The highest BCUT2D eigenvalue weighted by Gasteiger charge is 2.23. The zero-order chi connectivity index (χ0) is 16.9. The summed E-state index contributed by atoms with van der Waals surface area (Å²) >= 11 is 0. The lowest BCUT2D eigenvalue weighted by Crippen LogP contribution is -2.36. The Morgan fingerprint density at radius 1 is 1.29 bits per heavy atom. The lowest BCUT2D eigenvalue weighted by Gasteiger charge is -2.17. The van der Waals surface area contributed by atoms with E-state index in [2.05, 4.69) is 25.9 Å². The number of carbonyl (C=O) groups excluding carboxylic acids is 1. The molecule has 1 fully saturated rings. The fourth-order valence-corrected chi connectivity index (χ4v) is 2.93. The molecule has 8 heteroatoms. The van der Waals surface area contributed by atoms with E-state index in [1.807, 2.05) is 6.92 Å². The van der Waals surface area contributed by atoms with Crippen LogP contribution in [0, 0.1) is 6.92 Å². The van der Waals surface area contributed by atoms with E-state index in [0.29, 0.717) is 29.8 Å². The van der Waals surface area contributed by atoms with Crippen molar-refractivity contribution in [2.24, 2.45) is 0 Å². The first kappa shape index (κ1) is 16.5. The van der Waals surface area contributed by atoms with E-state index < -0.39 is 0 Å². The van der Waals surface area contributed by atoms with Crippen LogP contribution in [0.2, 0.25) is 0 Å². The van der Waals surface area contributed by atoms with Crippen LogP contribution in [0.15, 0.2) is 15.1 Å². The Hall–Kier alpha value is -2.38. The second kappa shape index (κ2) is 7.46. The first-order valence-electron chi connectivity index (χ1n) is 8.42. The molecule has 1 saturated carbocycles. The van der Waals surface area contributed by atoms with Gasteiger partial charge in [-0.15, -0.1) is 0 Å². The maximum atomic E-state index is 11.9. The Bertz CT molecular complexity index is 675. The van der Waals surface area contributed by atoms with Gasteiger partial charge in [0.2, 0.25) is 5.89 Å². The fraction of sp³-hybridized carbons (Fsp3) is 0.625. The quantitative estimate of drug-likeness (QED) is 0.871. The van der Waals surface area contributed by atoms with Gasteiger partial charge in [-0.3, -0.25) is 0 Å². The van der Waals surface area contributed by atoms with Gasteiger partial charge >= 0.3 is 6.03 Å². The first-order valence-corrected chi connectivity index (χ1v) is 8.42. The second-order valence-electron chi connectivity index (χ2n) is 6.30. The van der Waals surface area contributed by atoms with Crippen LogP contribution in [0.1, 0.15) is 74.2 Å². The minimum absolute atomic E-state index is 0.299. The van der Waals surface area contributed by atoms with E-state index in [1.165, 1.54) is 19.3 Å². The molecule has 3 rings (SSSR count). The van der Waals surface area contributed by atoms with Gasteiger partial charge in [-0.1, -0.05) is 29.6 Å². The normalized spacial score (nSPS) is 16.8. The summed E-state index contributed by atoms with van der Waals surface area (Å²) in [5.74, 6) is 2.29. The highest BCUT2D eigenvalue weighted by atomic mass is 16.5. The number of aromatic nitrogens is 3. The van der Waals surface area contributed by atoms with Gasteiger partial charge in [0.25, 0.3) is 0 Å². The topological polar surface area (TPSA) is 106 Å². The number of carbonyl (C=O) groups is 1. The Morgan fingerprint density at radius 3 is 2.79 bits per heavy atom. The predicted octanol–water partition coefficient (Wildman–Crippen LogP) is 2.97. The van der Waals surface area contributed by atoms with E-state index in [4.69, 9.17) is 9.05 Å². The molecule has 2 aromatic heterocycles. The molecule has 0 bridgehead atoms. The summed E-state index contributed by atoms with van der Waals surface area (Å²) in [6.07, 6.45) is 5.93. The zero-order valence-electron chi connectivity index (χ0n) is 14.0.